The first kappa shape index (κ1) is 13.7. The van der Waals surface area contributed by atoms with E-state index in [4.69, 9.17) is 5.11 Å². The van der Waals surface area contributed by atoms with Gasteiger partial charge in [0.15, 0.2) is 0 Å². The van der Waals surface area contributed by atoms with Gasteiger partial charge in [0.25, 0.3) is 0 Å². The third-order valence-electron chi connectivity index (χ3n) is 3.62. The van der Waals surface area contributed by atoms with Crippen molar-refractivity contribution >= 4 is 11.8 Å². The molecule has 0 spiro atoms. The molecule has 3 heteroatoms. The quantitative estimate of drug-likeness (QED) is 0.886. The van der Waals surface area contributed by atoms with E-state index in [0.717, 1.165) is 25.1 Å². The Hall–Kier alpha value is -1.29. The van der Waals surface area contributed by atoms with Crippen molar-refractivity contribution in [2.75, 3.05) is 6.54 Å². The van der Waals surface area contributed by atoms with Crippen molar-refractivity contribution in [3.05, 3.63) is 65.2 Å². The molecule has 2 aromatic rings. The van der Waals surface area contributed by atoms with Gasteiger partial charge in [0, 0.05) is 23.2 Å². The Balaban J connectivity index is 1.47. The Bertz CT molecular complexity index is 542. The van der Waals surface area contributed by atoms with Crippen molar-refractivity contribution < 1.29 is 5.11 Å². The zero-order valence-corrected chi connectivity index (χ0v) is 12.2. The number of fused-ring (bicyclic) bond motifs is 1. The van der Waals surface area contributed by atoms with E-state index in [1.165, 1.54) is 16.0 Å². The Labute approximate surface area is 124 Å². The molecule has 0 amide bonds. The van der Waals surface area contributed by atoms with E-state index in [2.05, 4.69) is 41.7 Å². The maximum Gasteiger partial charge on any atom is 0.0681 e. The minimum absolute atomic E-state index is 0.116. The molecule has 0 radical (unpaired) electrons. The summed E-state index contributed by atoms with van der Waals surface area (Å²) >= 11 is 1.98. The van der Waals surface area contributed by atoms with Crippen LogP contribution in [0.25, 0.3) is 0 Å². The van der Waals surface area contributed by atoms with E-state index >= 15 is 0 Å². The van der Waals surface area contributed by atoms with Gasteiger partial charge in [0.1, 0.15) is 0 Å². The Morgan fingerprint density at radius 2 is 1.80 bits per heavy atom. The van der Waals surface area contributed by atoms with Crippen LogP contribution >= 0.6 is 11.8 Å². The zero-order valence-electron chi connectivity index (χ0n) is 11.4. The third kappa shape index (κ3) is 3.23. The maximum absolute atomic E-state index is 9.02. The summed E-state index contributed by atoms with van der Waals surface area (Å²) in [6, 6.07) is 16.8. The van der Waals surface area contributed by atoms with Crippen LogP contribution in [-0.2, 0) is 19.6 Å². The minimum atomic E-state index is 0.116. The number of aliphatic hydroxyl groups excluding tert-OH is 1. The summed E-state index contributed by atoms with van der Waals surface area (Å²) in [5, 5.41) is 13.2. The van der Waals surface area contributed by atoms with Crippen molar-refractivity contribution in [2.24, 2.45) is 0 Å². The van der Waals surface area contributed by atoms with Crippen LogP contribution in [0, 0.1) is 0 Å². The molecular formula is C17H19NOS. The highest BCUT2D eigenvalue weighted by Gasteiger charge is 2.20. The van der Waals surface area contributed by atoms with Crippen LogP contribution in [0.1, 0.15) is 16.7 Å². The predicted molar refractivity (Wildman–Crippen MR) is 83.9 cm³/mol. The second-order valence-corrected chi connectivity index (χ2v) is 6.50. The number of hydrogen-bond acceptors (Lipinski definition) is 3. The van der Waals surface area contributed by atoms with Crippen LogP contribution in [0.15, 0.2) is 53.4 Å². The van der Waals surface area contributed by atoms with Crippen molar-refractivity contribution in [1.29, 1.82) is 0 Å². The topological polar surface area (TPSA) is 32.3 Å². The van der Waals surface area contributed by atoms with E-state index < -0.39 is 0 Å². The summed E-state index contributed by atoms with van der Waals surface area (Å²) in [4.78, 5) is 1.44. The normalized spacial score (nSPS) is 17.1. The summed E-state index contributed by atoms with van der Waals surface area (Å²) in [5.74, 6) is 0. The highest BCUT2D eigenvalue weighted by molar-refractivity contribution is 8.00. The smallest absolute Gasteiger partial charge is 0.0681 e. The van der Waals surface area contributed by atoms with Gasteiger partial charge in [-0.15, -0.1) is 11.8 Å². The fraction of sp³-hybridized carbons (Fsp3) is 0.294. The summed E-state index contributed by atoms with van der Waals surface area (Å²) in [5.41, 5.74) is 3.72. The van der Waals surface area contributed by atoms with Crippen LogP contribution < -0.4 is 5.32 Å². The van der Waals surface area contributed by atoms with Crippen LogP contribution in [0.4, 0.5) is 0 Å². The fourth-order valence-electron chi connectivity index (χ4n) is 2.51. The second kappa shape index (κ2) is 6.44. The molecule has 104 valence electrons. The zero-order chi connectivity index (χ0) is 13.8. The fourth-order valence-corrected chi connectivity index (χ4v) is 3.79. The van der Waals surface area contributed by atoms with Gasteiger partial charge in [-0.25, -0.2) is 0 Å². The Morgan fingerprint density at radius 3 is 2.55 bits per heavy atom. The van der Waals surface area contributed by atoms with Crippen molar-refractivity contribution in [3.63, 3.8) is 0 Å². The van der Waals surface area contributed by atoms with E-state index in [1.807, 2.05) is 23.9 Å². The lowest BCUT2D eigenvalue weighted by Gasteiger charge is -2.10. The molecule has 1 aliphatic heterocycles. The Morgan fingerprint density at radius 1 is 1.05 bits per heavy atom. The standard InChI is InChI=1S/C17H19NOS/c19-12-14-7-5-13(6-8-14)10-18-11-16-9-15-3-1-2-4-17(15)20-16/h1-8,16,18-19H,9-12H2. The number of aliphatic hydroxyl groups is 1. The second-order valence-electron chi connectivity index (χ2n) is 5.16. The third-order valence-corrected chi connectivity index (χ3v) is 4.94. The molecule has 1 atom stereocenters. The maximum atomic E-state index is 9.02. The lowest BCUT2D eigenvalue weighted by molar-refractivity contribution is 0.282. The molecule has 0 saturated heterocycles. The number of nitrogens with one attached hydrogen (secondary N) is 1. The van der Waals surface area contributed by atoms with Gasteiger partial charge >= 0.3 is 0 Å². The highest BCUT2D eigenvalue weighted by atomic mass is 32.2. The van der Waals surface area contributed by atoms with E-state index in [-0.39, 0.29) is 6.61 Å². The molecule has 3 rings (SSSR count). The lowest BCUT2D eigenvalue weighted by Crippen LogP contribution is -2.23. The van der Waals surface area contributed by atoms with Gasteiger partial charge in [-0.05, 0) is 29.2 Å². The van der Waals surface area contributed by atoms with Gasteiger partial charge < -0.3 is 10.4 Å². The highest BCUT2D eigenvalue weighted by Crippen LogP contribution is 2.36. The van der Waals surface area contributed by atoms with E-state index in [1.54, 1.807) is 0 Å². The first-order valence-electron chi connectivity index (χ1n) is 6.99. The Kier molecular flexibility index (Phi) is 4.41. The van der Waals surface area contributed by atoms with Crippen LogP contribution in [0.3, 0.4) is 0 Å². The van der Waals surface area contributed by atoms with E-state index in [0.29, 0.717) is 5.25 Å². The molecule has 2 aromatic carbocycles. The molecule has 0 fully saturated rings. The minimum Gasteiger partial charge on any atom is -0.392 e. The van der Waals surface area contributed by atoms with Crippen molar-refractivity contribution in [3.8, 4) is 0 Å². The summed E-state index contributed by atoms with van der Waals surface area (Å²) in [6.07, 6.45) is 1.16. The SMILES string of the molecule is OCc1ccc(CNCC2Cc3ccccc3S2)cc1. The first-order chi connectivity index (χ1) is 9.85. The largest absolute Gasteiger partial charge is 0.392 e. The first-order valence-corrected chi connectivity index (χ1v) is 7.87. The van der Waals surface area contributed by atoms with Gasteiger partial charge in [-0.3, -0.25) is 0 Å². The van der Waals surface area contributed by atoms with Gasteiger partial charge in [0.05, 0.1) is 6.61 Å². The summed E-state index contributed by atoms with van der Waals surface area (Å²) in [6.45, 7) is 2.03. The number of benzene rings is 2. The summed E-state index contributed by atoms with van der Waals surface area (Å²) < 4.78 is 0. The monoisotopic (exact) mass is 285 g/mol. The number of rotatable bonds is 5. The molecule has 2 nitrogen and oxygen atoms in total. The van der Waals surface area contributed by atoms with Gasteiger partial charge in [0.2, 0.25) is 0 Å². The van der Waals surface area contributed by atoms with Crippen LogP contribution in [0.2, 0.25) is 0 Å². The number of hydrogen-bond donors (Lipinski definition) is 2. The molecule has 1 heterocycles. The molecule has 0 bridgehead atoms. The molecule has 0 aromatic heterocycles. The van der Waals surface area contributed by atoms with E-state index in [9.17, 15) is 0 Å². The van der Waals surface area contributed by atoms with Crippen LogP contribution in [0.5, 0.6) is 0 Å². The molecule has 2 N–H and O–H groups in total. The molecule has 0 aliphatic carbocycles. The molecule has 1 aliphatic rings. The van der Waals surface area contributed by atoms with Gasteiger partial charge in [-0.2, -0.15) is 0 Å². The van der Waals surface area contributed by atoms with Crippen molar-refractivity contribution in [1.82, 2.24) is 5.32 Å². The summed E-state index contributed by atoms with van der Waals surface area (Å²) in [7, 11) is 0. The average Bonchev–Trinajstić information content (AvgIpc) is 2.90. The molecular weight excluding hydrogens is 266 g/mol. The van der Waals surface area contributed by atoms with Crippen LogP contribution in [-0.4, -0.2) is 16.9 Å². The molecule has 0 saturated carbocycles. The molecule has 20 heavy (non-hydrogen) atoms. The lowest BCUT2D eigenvalue weighted by atomic mass is 10.1. The van der Waals surface area contributed by atoms with Crippen molar-refractivity contribution in [2.45, 2.75) is 29.7 Å². The van der Waals surface area contributed by atoms with Gasteiger partial charge in [-0.1, -0.05) is 42.5 Å². The molecule has 1 unspecified atom stereocenters. The average molecular weight is 285 g/mol. The predicted octanol–water partition coefficient (Wildman–Crippen LogP) is 2.99. The number of thioether (sulfide) groups is 1.